The lowest BCUT2D eigenvalue weighted by molar-refractivity contribution is 0.256. The van der Waals surface area contributed by atoms with Gasteiger partial charge in [0.05, 0.1) is 28.4 Å². The van der Waals surface area contributed by atoms with Crippen LogP contribution >= 0.6 is 0 Å². The molecule has 0 fully saturated rings. The Hall–Kier alpha value is -3.38. The van der Waals surface area contributed by atoms with Crippen molar-refractivity contribution in [3.63, 3.8) is 0 Å². The monoisotopic (exact) mass is 449 g/mol. The van der Waals surface area contributed by atoms with Crippen molar-refractivity contribution in [2.45, 2.75) is 19.4 Å². The molecule has 1 heterocycles. The molecule has 0 bridgehead atoms. The summed E-state index contributed by atoms with van der Waals surface area (Å²) in [6.45, 7) is 2.65. The number of benzene rings is 3. The summed E-state index contributed by atoms with van der Waals surface area (Å²) in [4.78, 5) is 2.43. The van der Waals surface area contributed by atoms with Gasteiger partial charge in [-0.3, -0.25) is 4.90 Å². The molecule has 0 spiro atoms. The highest BCUT2D eigenvalue weighted by molar-refractivity contribution is 5.81. The number of rotatable bonds is 8. The lowest BCUT2D eigenvalue weighted by Gasteiger charge is -2.31. The van der Waals surface area contributed by atoms with Crippen molar-refractivity contribution in [2.24, 2.45) is 0 Å². The number of hydrogen-bond donors (Lipinski definition) is 1. The summed E-state index contributed by atoms with van der Waals surface area (Å²) in [5.41, 5.74) is 5.15. The Kier molecular flexibility index (Phi) is 6.94. The summed E-state index contributed by atoms with van der Waals surface area (Å²) in [6.07, 6.45) is 1.87. The number of hydrogen-bond acceptors (Lipinski definition) is 6. The number of fused-ring (bicyclic) bond motifs is 1. The molecule has 3 aromatic rings. The highest BCUT2D eigenvalue weighted by Gasteiger charge is 2.26. The Balaban J connectivity index is 1.75. The topological polar surface area (TPSA) is 60.4 Å². The zero-order valence-corrected chi connectivity index (χ0v) is 19.7. The highest BCUT2D eigenvalue weighted by atomic mass is 16.5. The van der Waals surface area contributed by atoms with E-state index in [1.807, 2.05) is 24.3 Å². The number of phenols is 1. The predicted molar refractivity (Wildman–Crippen MR) is 129 cm³/mol. The van der Waals surface area contributed by atoms with Crippen molar-refractivity contribution in [1.82, 2.24) is 4.90 Å². The number of aromatic hydroxyl groups is 1. The molecule has 3 aromatic carbocycles. The summed E-state index contributed by atoms with van der Waals surface area (Å²) in [5, 5.41) is 11.2. The lowest BCUT2D eigenvalue weighted by Crippen LogP contribution is -2.32. The molecule has 1 aliphatic rings. The predicted octanol–water partition coefficient (Wildman–Crippen LogP) is 4.69. The van der Waals surface area contributed by atoms with Crippen LogP contribution in [-0.4, -0.2) is 51.5 Å². The molecule has 0 saturated carbocycles. The van der Waals surface area contributed by atoms with Gasteiger partial charge in [-0.05, 0) is 53.3 Å². The third kappa shape index (κ3) is 4.57. The molecule has 33 heavy (non-hydrogen) atoms. The first-order valence-electron chi connectivity index (χ1n) is 11.1. The maximum atomic E-state index is 11.2. The van der Waals surface area contributed by atoms with Gasteiger partial charge in [0.2, 0.25) is 5.75 Å². The van der Waals surface area contributed by atoms with E-state index in [0.717, 1.165) is 49.2 Å². The molecule has 0 aromatic heterocycles. The van der Waals surface area contributed by atoms with Crippen molar-refractivity contribution in [2.75, 3.05) is 41.5 Å². The highest BCUT2D eigenvalue weighted by Crippen LogP contribution is 2.48. The Morgan fingerprint density at radius 3 is 2.12 bits per heavy atom. The van der Waals surface area contributed by atoms with Crippen LogP contribution in [0, 0.1) is 0 Å². The summed E-state index contributed by atoms with van der Waals surface area (Å²) in [5.74, 6) is 2.19. The average molecular weight is 450 g/mol. The van der Waals surface area contributed by atoms with Crippen molar-refractivity contribution in [3.8, 4) is 39.9 Å². The quantitative estimate of drug-likeness (QED) is 0.538. The molecule has 0 atom stereocenters. The molecule has 0 amide bonds. The van der Waals surface area contributed by atoms with Gasteiger partial charge >= 0.3 is 0 Å². The minimum Gasteiger partial charge on any atom is -0.504 e. The fourth-order valence-corrected chi connectivity index (χ4v) is 4.54. The molecule has 0 radical (unpaired) electrons. The van der Waals surface area contributed by atoms with Crippen LogP contribution in [0.1, 0.15) is 16.7 Å². The van der Waals surface area contributed by atoms with Crippen LogP contribution in [0.15, 0.2) is 48.5 Å². The first kappa shape index (κ1) is 22.8. The standard InChI is InChI=1S/C27H31NO5/c1-30-22-14-19-11-13-28(12-10-18-8-6-5-7-9-18)17-21(19)25(26(22)29)20-15-23(31-2)27(33-4)24(16-20)32-3/h5-9,14-16,29H,10-13,17H2,1-4H3. The Morgan fingerprint density at radius 1 is 0.848 bits per heavy atom. The molecule has 4 rings (SSSR count). The number of nitrogens with zero attached hydrogens (tertiary/aromatic N) is 1. The van der Waals surface area contributed by atoms with E-state index in [9.17, 15) is 5.11 Å². The van der Waals surface area contributed by atoms with Crippen molar-refractivity contribution < 1.29 is 24.1 Å². The minimum absolute atomic E-state index is 0.121. The second kappa shape index (κ2) is 10.0. The first-order valence-corrected chi connectivity index (χ1v) is 11.1. The van der Waals surface area contributed by atoms with Crippen molar-refractivity contribution in [3.05, 3.63) is 65.2 Å². The Labute approximate surface area is 195 Å². The average Bonchev–Trinajstić information content (AvgIpc) is 2.86. The molecular formula is C27H31NO5. The number of methoxy groups -OCH3 is 4. The van der Waals surface area contributed by atoms with Gasteiger partial charge in [-0.25, -0.2) is 0 Å². The fraction of sp³-hybridized carbons (Fsp3) is 0.333. The number of ether oxygens (including phenoxy) is 4. The maximum Gasteiger partial charge on any atom is 0.203 e. The SMILES string of the molecule is COc1cc2c(c(-c3cc(OC)c(OC)c(OC)c3)c1O)CN(CCc1ccccc1)CC2. The van der Waals surface area contributed by atoms with Gasteiger partial charge in [-0.15, -0.1) is 0 Å². The molecule has 0 saturated heterocycles. The van der Waals surface area contributed by atoms with Crippen LogP contribution in [0.2, 0.25) is 0 Å². The van der Waals surface area contributed by atoms with Crippen molar-refractivity contribution in [1.29, 1.82) is 0 Å². The summed E-state index contributed by atoms with van der Waals surface area (Å²) in [6, 6.07) is 16.2. The molecule has 6 heteroatoms. The van der Waals surface area contributed by atoms with Gasteiger partial charge < -0.3 is 24.1 Å². The van der Waals surface area contributed by atoms with Crippen LogP contribution in [0.3, 0.4) is 0 Å². The zero-order chi connectivity index (χ0) is 23.4. The van der Waals surface area contributed by atoms with E-state index in [1.165, 1.54) is 11.1 Å². The van der Waals surface area contributed by atoms with E-state index >= 15 is 0 Å². The molecule has 1 aliphatic heterocycles. The van der Waals surface area contributed by atoms with Gasteiger partial charge in [0, 0.05) is 25.2 Å². The minimum atomic E-state index is 0.121. The van der Waals surface area contributed by atoms with Crippen LogP contribution in [-0.2, 0) is 19.4 Å². The first-order chi connectivity index (χ1) is 16.1. The molecular weight excluding hydrogens is 418 g/mol. The van der Waals surface area contributed by atoms with Gasteiger partial charge in [0.15, 0.2) is 23.0 Å². The van der Waals surface area contributed by atoms with E-state index in [1.54, 1.807) is 28.4 Å². The van der Waals surface area contributed by atoms with E-state index in [2.05, 4.69) is 29.2 Å². The third-order valence-electron chi connectivity index (χ3n) is 6.28. The fourth-order valence-electron chi connectivity index (χ4n) is 4.54. The van der Waals surface area contributed by atoms with Crippen LogP contribution < -0.4 is 18.9 Å². The number of phenolic OH excluding ortho intramolecular Hbond substituents is 1. The molecule has 0 unspecified atom stereocenters. The Morgan fingerprint density at radius 2 is 1.52 bits per heavy atom. The van der Waals surface area contributed by atoms with E-state index in [0.29, 0.717) is 23.0 Å². The second-order valence-corrected chi connectivity index (χ2v) is 8.12. The third-order valence-corrected chi connectivity index (χ3v) is 6.28. The molecule has 0 aliphatic carbocycles. The van der Waals surface area contributed by atoms with Gasteiger partial charge in [-0.2, -0.15) is 0 Å². The van der Waals surface area contributed by atoms with Gasteiger partial charge in [-0.1, -0.05) is 30.3 Å². The Bertz CT molecular complexity index is 1090. The van der Waals surface area contributed by atoms with Crippen molar-refractivity contribution >= 4 is 0 Å². The molecule has 1 N–H and O–H groups in total. The van der Waals surface area contributed by atoms with E-state index < -0.39 is 0 Å². The largest absolute Gasteiger partial charge is 0.504 e. The van der Waals surface area contributed by atoms with Gasteiger partial charge in [0.1, 0.15) is 0 Å². The molecule has 174 valence electrons. The zero-order valence-electron chi connectivity index (χ0n) is 19.7. The maximum absolute atomic E-state index is 11.2. The lowest BCUT2D eigenvalue weighted by atomic mass is 9.89. The smallest absolute Gasteiger partial charge is 0.203 e. The normalized spacial score (nSPS) is 13.3. The summed E-state index contributed by atoms with van der Waals surface area (Å²) in [7, 11) is 6.34. The van der Waals surface area contributed by atoms with Crippen LogP contribution in [0.4, 0.5) is 0 Å². The van der Waals surface area contributed by atoms with Crippen LogP contribution in [0.25, 0.3) is 11.1 Å². The second-order valence-electron chi connectivity index (χ2n) is 8.12. The van der Waals surface area contributed by atoms with Gasteiger partial charge in [0.25, 0.3) is 0 Å². The van der Waals surface area contributed by atoms with E-state index in [4.69, 9.17) is 18.9 Å². The summed E-state index contributed by atoms with van der Waals surface area (Å²) >= 11 is 0. The molecule has 6 nitrogen and oxygen atoms in total. The van der Waals surface area contributed by atoms with E-state index in [-0.39, 0.29) is 5.75 Å². The summed E-state index contributed by atoms with van der Waals surface area (Å²) < 4.78 is 22.1. The van der Waals surface area contributed by atoms with Crippen LogP contribution in [0.5, 0.6) is 28.7 Å².